The molecule has 0 spiro atoms. The van der Waals surface area contributed by atoms with Gasteiger partial charge in [0.2, 0.25) is 5.13 Å². The minimum absolute atomic E-state index is 0.0593. The van der Waals surface area contributed by atoms with Crippen LogP contribution in [0.25, 0.3) is 0 Å². The minimum atomic E-state index is -0.842. The van der Waals surface area contributed by atoms with Gasteiger partial charge in [-0.15, -0.1) is 11.3 Å². The number of hydrogen-bond acceptors (Lipinski definition) is 7. The third-order valence-electron chi connectivity index (χ3n) is 2.83. The Bertz CT molecular complexity index is 750. The molecule has 128 valence electrons. The van der Waals surface area contributed by atoms with Crippen molar-refractivity contribution in [3.63, 3.8) is 0 Å². The normalized spacial score (nSPS) is 10.8. The number of carbonyl (C=O) groups excluding carboxylic acids is 1. The van der Waals surface area contributed by atoms with Crippen LogP contribution in [-0.2, 0) is 16.0 Å². The Morgan fingerprint density at radius 2 is 2.25 bits per heavy atom. The van der Waals surface area contributed by atoms with E-state index in [4.69, 9.17) is 4.74 Å². The topological polar surface area (TPSA) is 72.8 Å². The van der Waals surface area contributed by atoms with Crippen LogP contribution in [-0.4, -0.2) is 30.9 Å². The number of halogens is 2. The highest BCUT2D eigenvalue weighted by atomic mass is 32.1. The molecule has 0 aliphatic carbocycles. The predicted octanol–water partition coefficient (Wildman–Crippen LogP) is 2.98. The molecule has 9 heteroatoms. The van der Waals surface area contributed by atoms with Gasteiger partial charge in [0.25, 0.3) is 0 Å². The van der Waals surface area contributed by atoms with Crippen molar-refractivity contribution in [2.45, 2.75) is 13.3 Å². The molecule has 2 rings (SSSR count). The largest absolute Gasteiger partial charge is 0.491 e. The van der Waals surface area contributed by atoms with E-state index < -0.39 is 17.4 Å². The highest BCUT2D eigenvalue weighted by Crippen LogP contribution is 2.23. The molecule has 1 aromatic carbocycles. The third-order valence-corrected chi connectivity index (χ3v) is 3.63. The Balaban J connectivity index is 2.00. The van der Waals surface area contributed by atoms with Crippen molar-refractivity contribution in [3.05, 3.63) is 40.4 Å². The number of hydrogen-bond donors (Lipinski definition) is 1. The van der Waals surface area contributed by atoms with Gasteiger partial charge in [-0.1, -0.05) is 0 Å². The van der Waals surface area contributed by atoms with Crippen LogP contribution in [0.4, 0.5) is 13.9 Å². The van der Waals surface area contributed by atoms with Gasteiger partial charge in [-0.05, 0) is 19.1 Å². The minimum Gasteiger partial charge on any atom is -0.491 e. The van der Waals surface area contributed by atoms with Crippen molar-refractivity contribution in [2.24, 2.45) is 5.10 Å². The smallest absolute Gasteiger partial charge is 0.311 e. The molecule has 0 bridgehead atoms. The number of anilines is 1. The summed E-state index contributed by atoms with van der Waals surface area (Å²) in [6, 6.07) is 2.33. The van der Waals surface area contributed by atoms with Gasteiger partial charge in [-0.3, -0.25) is 10.2 Å². The molecule has 0 unspecified atom stereocenters. The van der Waals surface area contributed by atoms with Gasteiger partial charge < -0.3 is 9.47 Å². The van der Waals surface area contributed by atoms with Crippen molar-refractivity contribution in [3.8, 4) is 5.75 Å². The standard InChI is InChI=1S/C15H15F2N3O3S/c1-3-23-12(21)6-10-8-24-15(19-10)20-18-7-9-4-5-11(16)14(22-2)13(9)17/h4-5,7-8H,3,6H2,1-2H3,(H,19,20). The van der Waals surface area contributed by atoms with E-state index in [1.165, 1.54) is 30.7 Å². The molecule has 1 N–H and O–H groups in total. The van der Waals surface area contributed by atoms with E-state index in [9.17, 15) is 13.6 Å². The Hall–Kier alpha value is -2.55. The summed E-state index contributed by atoms with van der Waals surface area (Å²) in [4.78, 5) is 15.5. The first kappa shape index (κ1) is 17.8. The van der Waals surface area contributed by atoms with Crippen LogP contribution in [0.3, 0.4) is 0 Å². The van der Waals surface area contributed by atoms with E-state index in [0.29, 0.717) is 17.4 Å². The Kier molecular flexibility index (Phi) is 6.19. The van der Waals surface area contributed by atoms with Crippen LogP contribution in [0, 0.1) is 11.6 Å². The number of ether oxygens (including phenoxy) is 2. The van der Waals surface area contributed by atoms with E-state index in [1.54, 1.807) is 12.3 Å². The number of nitrogens with one attached hydrogen (secondary N) is 1. The second kappa shape index (κ2) is 8.34. The number of nitrogens with zero attached hydrogens (tertiary/aromatic N) is 2. The summed E-state index contributed by atoms with van der Waals surface area (Å²) in [5.74, 6) is -2.46. The van der Waals surface area contributed by atoms with E-state index in [-0.39, 0.29) is 18.0 Å². The molecule has 24 heavy (non-hydrogen) atoms. The number of thiazole rings is 1. The summed E-state index contributed by atoms with van der Waals surface area (Å²) in [5, 5.41) is 5.97. The molecular weight excluding hydrogens is 340 g/mol. The Morgan fingerprint density at radius 1 is 1.46 bits per heavy atom. The molecular formula is C15H15F2N3O3S. The maximum atomic E-state index is 13.9. The fourth-order valence-corrected chi connectivity index (χ4v) is 2.45. The van der Waals surface area contributed by atoms with Crippen molar-refractivity contribution in [1.29, 1.82) is 0 Å². The Labute approximate surface area is 141 Å². The average Bonchev–Trinajstić information content (AvgIpc) is 2.97. The summed E-state index contributed by atoms with van der Waals surface area (Å²) in [5.41, 5.74) is 3.23. The maximum absolute atomic E-state index is 13.9. The fourth-order valence-electron chi connectivity index (χ4n) is 1.79. The number of esters is 1. The van der Waals surface area contributed by atoms with Gasteiger partial charge >= 0.3 is 5.97 Å². The molecule has 0 aliphatic rings. The second-order valence-electron chi connectivity index (χ2n) is 4.48. The van der Waals surface area contributed by atoms with Gasteiger partial charge in [-0.25, -0.2) is 13.8 Å². The molecule has 0 saturated heterocycles. The van der Waals surface area contributed by atoms with Gasteiger partial charge in [0.05, 0.1) is 32.0 Å². The fraction of sp³-hybridized carbons (Fsp3) is 0.267. The summed E-state index contributed by atoms with van der Waals surface area (Å²) < 4.78 is 36.7. The highest BCUT2D eigenvalue weighted by molar-refractivity contribution is 7.13. The van der Waals surface area contributed by atoms with Gasteiger partial charge in [-0.2, -0.15) is 5.10 Å². The van der Waals surface area contributed by atoms with Crippen LogP contribution in [0.2, 0.25) is 0 Å². The van der Waals surface area contributed by atoms with Gasteiger partial charge in [0.15, 0.2) is 17.4 Å². The first-order chi connectivity index (χ1) is 11.5. The zero-order valence-electron chi connectivity index (χ0n) is 13.0. The maximum Gasteiger partial charge on any atom is 0.311 e. The zero-order valence-corrected chi connectivity index (χ0v) is 13.8. The molecule has 0 amide bonds. The molecule has 0 saturated carbocycles. The summed E-state index contributed by atoms with van der Waals surface area (Å²) >= 11 is 1.24. The number of aromatic nitrogens is 1. The van der Waals surface area contributed by atoms with Gasteiger partial charge in [0, 0.05) is 10.9 Å². The van der Waals surface area contributed by atoms with Crippen molar-refractivity contribution < 1.29 is 23.0 Å². The summed E-state index contributed by atoms with van der Waals surface area (Å²) in [6.45, 7) is 2.04. The second-order valence-corrected chi connectivity index (χ2v) is 5.34. The van der Waals surface area contributed by atoms with E-state index in [0.717, 1.165) is 6.07 Å². The van der Waals surface area contributed by atoms with Crippen LogP contribution < -0.4 is 10.2 Å². The number of benzene rings is 1. The van der Waals surface area contributed by atoms with E-state index in [2.05, 4.69) is 20.2 Å². The predicted molar refractivity (Wildman–Crippen MR) is 86.6 cm³/mol. The lowest BCUT2D eigenvalue weighted by atomic mass is 10.2. The third kappa shape index (κ3) is 4.48. The van der Waals surface area contributed by atoms with Crippen LogP contribution in [0.1, 0.15) is 18.2 Å². The van der Waals surface area contributed by atoms with E-state index in [1.807, 2.05) is 0 Å². The highest BCUT2D eigenvalue weighted by Gasteiger charge is 2.13. The van der Waals surface area contributed by atoms with Crippen LogP contribution in [0.5, 0.6) is 5.75 Å². The Morgan fingerprint density at radius 3 is 2.96 bits per heavy atom. The number of hydrazone groups is 1. The molecule has 0 radical (unpaired) electrons. The lowest BCUT2D eigenvalue weighted by Crippen LogP contribution is -2.07. The number of carbonyl (C=O) groups is 1. The van der Waals surface area contributed by atoms with Crippen LogP contribution >= 0.6 is 11.3 Å². The average molecular weight is 355 g/mol. The molecule has 2 aromatic rings. The lowest BCUT2D eigenvalue weighted by molar-refractivity contribution is -0.142. The number of rotatable bonds is 7. The van der Waals surface area contributed by atoms with Crippen molar-refractivity contribution >= 4 is 28.7 Å². The summed E-state index contributed by atoms with van der Waals surface area (Å²) in [7, 11) is 1.18. The first-order valence-electron chi connectivity index (χ1n) is 6.96. The molecule has 0 aliphatic heterocycles. The van der Waals surface area contributed by atoms with E-state index >= 15 is 0 Å². The van der Waals surface area contributed by atoms with Gasteiger partial charge in [0.1, 0.15) is 0 Å². The molecule has 1 heterocycles. The first-order valence-corrected chi connectivity index (χ1v) is 7.84. The van der Waals surface area contributed by atoms with Crippen molar-refractivity contribution in [2.75, 3.05) is 19.1 Å². The number of methoxy groups -OCH3 is 1. The SMILES string of the molecule is CCOC(=O)Cc1csc(NN=Cc2ccc(F)c(OC)c2F)n1. The lowest BCUT2D eigenvalue weighted by Gasteiger charge is -2.05. The molecule has 1 aromatic heterocycles. The molecule has 0 fully saturated rings. The molecule has 6 nitrogen and oxygen atoms in total. The monoisotopic (exact) mass is 355 g/mol. The van der Waals surface area contributed by atoms with Crippen molar-refractivity contribution in [1.82, 2.24) is 4.98 Å². The zero-order chi connectivity index (χ0) is 17.5. The van der Waals surface area contributed by atoms with Crippen LogP contribution in [0.15, 0.2) is 22.6 Å². The quantitative estimate of drug-likeness (QED) is 0.470. The molecule has 0 atom stereocenters. The summed E-state index contributed by atoms with van der Waals surface area (Å²) in [6.07, 6.45) is 1.25.